The summed E-state index contributed by atoms with van der Waals surface area (Å²) in [4.78, 5) is 30.0. The highest BCUT2D eigenvalue weighted by molar-refractivity contribution is 5.93. The Kier molecular flexibility index (Phi) is 5.04. The highest BCUT2D eigenvalue weighted by Gasteiger charge is 2.38. The van der Waals surface area contributed by atoms with Gasteiger partial charge in [0.25, 0.3) is 5.91 Å². The SMILES string of the molecule is C[C@@H]1CN(c2ncnc3c2c(C2CC2)cn3-c2cc(C#N)ccn2)CCN1C(=O)C(C)(C)F. The van der Waals surface area contributed by atoms with Crippen molar-refractivity contribution in [1.82, 2.24) is 24.4 Å². The molecule has 0 bridgehead atoms. The minimum Gasteiger partial charge on any atom is -0.352 e. The molecule has 3 aromatic heterocycles. The van der Waals surface area contributed by atoms with Gasteiger partial charge in [-0.15, -0.1) is 0 Å². The first-order valence-electron chi connectivity index (χ1n) is 11.3. The Morgan fingerprint density at radius 3 is 2.70 bits per heavy atom. The monoisotopic (exact) mass is 447 g/mol. The van der Waals surface area contributed by atoms with E-state index in [1.54, 1.807) is 29.6 Å². The van der Waals surface area contributed by atoms with E-state index in [1.165, 1.54) is 19.4 Å². The summed E-state index contributed by atoms with van der Waals surface area (Å²) >= 11 is 0. The number of piperazine rings is 1. The van der Waals surface area contributed by atoms with Crippen LogP contribution in [0.2, 0.25) is 0 Å². The van der Waals surface area contributed by atoms with Gasteiger partial charge in [-0.05, 0) is 57.2 Å². The maximum atomic E-state index is 14.3. The van der Waals surface area contributed by atoms with Crippen molar-refractivity contribution in [3.63, 3.8) is 0 Å². The van der Waals surface area contributed by atoms with Gasteiger partial charge in [0, 0.05) is 38.1 Å². The number of hydrogen-bond acceptors (Lipinski definition) is 6. The summed E-state index contributed by atoms with van der Waals surface area (Å²) in [5.74, 6) is 1.45. The summed E-state index contributed by atoms with van der Waals surface area (Å²) in [5.41, 5.74) is 0.579. The minimum atomic E-state index is -1.89. The first-order chi connectivity index (χ1) is 15.8. The Morgan fingerprint density at radius 2 is 2.03 bits per heavy atom. The molecule has 1 saturated carbocycles. The number of alkyl halides is 1. The minimum absolute atomic E-state index is 0.147. The van der Waals surface area contributed by atoms with E-state index >= 15 is 0 Å². The van der Waals surface area contributed by atoms with Crippen LogP contribution in [-0.2, 0) is 4.79 Å². The number of nitriles is 1. The van der Waals surface area contributed by atoms with Gasteiger partial charge < -0.3 is 9.80 Å². The lowest BCUT2D eigenvalue weighted by Gasteiger charge is -2.42. The number of amides is 1. The van der Waals surface area contributed by atoms with Crippen molar-refractivity contribution in [3.8, 4) is 11.9 Å². The van der Waals surface area contributed by atoms with Crippen LogP contribution >= 0.6 is 0 Å². The van der Waals surface area contributed by atoms with Crippen LogP contribution in [0.1, 0.15) is 50.7 Å². The zero-order chi connectivity index (χ0) is 23.3. The molecule has 1 aliphatic carbocycles. The van der Waals surface area contributed by atoms with E-state index in [-0.39, 0.29) is 6.04 Å². The van der Waals surface area contributed by atoms with Gasteiger partial charge in [-0.25, -0.2) is 19.3 Å². The molecule has 1 aliphatic heterocycles. The van der Waals surface area contributed by atoms with Crippen molar-refractivity contribution < 1.29 is 9.18 Å². The Hall–Kier alpha value is -3.54. The van der Waals surface area contributed by atoms with Gasteiger partial charge in [-0.2, -0.15) is 5.26 Å². The molecule has 9 heteroatoms. The van der Waals surface area contributed by atoms with Gasteiger partial charge in [0.2, 0.25) is 0 Å². The molecule has 0 N–H and O–H groups in total. The second-order valence-electron chi connectivity index (χ2n) is 9.41. The van der Waals surface area contributed by atoms with Gasteiger partial charge in [0.15, 0.2) is 11.3 Å². The number of aromatic nitrogens is 4. The molecule has 1 saturated heterocycles. The highest BCUT2D eigenvalue weighted by Crippen LogP contribution is 2.46. The normalized spacial score (nSPS) is 19.1. The average Bonchev–Trinajstić information content (AvgIpc) is 3.57. The average molecular weight is 448 g/mol. The molecular weight excluding hydrogens is 421 g/mol. The first-order valence-corrected chi connectivity index (χ1v) is 11.3. The third-order valence-corrected chi connectivity index (χ3v) is 6.43. The third-order valence-electron chi connectivity index (χ3n) is 6.43. The number of hydrogen-bond donors (Lipinski definition) is 0. The summed E-state index contributed by atoms with van der Waals surface area (Å²) in [6, 6.07) is 5.45. The predicted octanol–water partition coefficient (Wildman–Crippen LogP) is 3.35. The number of nitrogens with zero attached hydrogens (tertiary/aromatic N) is 7. The van der Waals surface area contributed by atoms with E-state index in [0.29, 0.717) is 36.9 Å². The van der Waals surface area contributed by atoms with Crippen molar-refractivity contribution in [3.05, 3.63) is 42.0 Å². The zero-order valence-electron chi connectivity index (χ0n) is 19.0. The Morgan fingerprint density at radius 1 is 1.24 bits per heavy atom. The largest absolute Gasteiger partial charge is 0.352 e. The topological polar surface area (TPSA) is 90.9 Å². The number of rotatable bonds is 4. The van der Waals surface area contributed by atoms with Crippen LogP contribution in [0.25, 0.3) is 16.9 Å². The fourth-order valence-electron chi connectivity index (χ4n) is 4.60. The molecule has 2 aliphatic rings. The molecule has 0 spiro atoms. The van der Waals surface area contributed by atoms with Crippen molar-refractivity contribution in [2.75, 3.05) is 24.5 Å². The molecule has 0 unspecified atom stereocenters. The number of carbonyl (C=O) groups is 1. The summed E-state index contributed by atoms with van der Waals surface area (Å²) in [6.07, 6.45) is 7.47. The Labute approximate surface area is 191 Å². The predicted molar refractivity (Wildman–Crippen MR) is 122 cm³/mol. The summed E-state index contributed by atoms with van der Waals surface area (Å²) in [7, 11) is 0. The van der Waals surface area contributed by atoms with Gasteiger partial charge in [0.05, 0.1) is 17.0 Å². The second-order valence-corrected chi connectivity index (χ2v) is 9.41. The molecule has 8 nitrogen and oxygen atoms in total. The Balaban J connectivity index is 1.55. The molecule has 2 fully saturated rings. The number of halogens is 1. The lowest BCUT2D eigenvalue weighted by molar-refractivity contribution is -0.144. The molecule has 0 aromatic carbocycles. The van der Waals surface area contributed by atoms with E-state index in [9.17, 15) is 14.4 Å². The quantitative estimate of drug-likeness (QED) is 0.609. The van der Waals surface area contributed by atoms with Crippen LogP contribution in [0.15, 0.2) is 30.9 Å². The van der Waals surface area contributed by atoms with Crippen LogP contribution < -0.4 is 4.90 Å². The number of fused-ring (bicyclic) bond motifs is 1. The molecule has 4 heterocycles. The number of pyridine rings is 1. The zero-order valence-corrected chi connectivity index (χ0v) is 19.0. The van der Waals surface area contributed by atoms with Crippen molar-refractivity contribution in [1.29, 1.82) is 5.26 Å². The smallest absolute Gasteiger partial charge is 0.260 e. The highest BCUT2D eigenvalue weighted by atomic mass is 19.1. The Bertz CT molecular complexity index is 1270. The molecule has 170 valence electrons. The summed E-state index contributed by atoms with van der Waals surface area (Å²) < 4.78 is 16.2. The summed E-state index contributed by atoms with van der Waals surface area (Å²) in [6.45, 7) is 6.12. The maximum Gasteiger partial charge on any atom is 0.260 e. The van der Waals surface area contributed by atoms with Gasteiger partial charge in [-0.3, -0.25) is 9.36 Å². The van der Waals surface area contributed by atoms with Gasteiger partial charge >= 0.3 is 0 Å². The van der Waals surface area contributed by atoms with Crippen molar-refractivity contribution in [2.45, 2.75) is 51.2 Å². The maximum absolute atomic E-state index is 14.3. The third kappa shape index (κ3) is 3.80. The fourth-order valence-corrected chi connectivity index (χ4v) is 4.60. The van der Waals surface area contributed by atoms with E-state index < -0.39 is 11.6 Å². The van der Waals surface area contributed by atoms with E-state index in [4.69, 9.17) is 0 Å². The lowest BCUT2D eigenvalue weighted by atomic mass is 10.1. The summed E-state index contributed by atoms with van der Waals surface area (Å²) in [5, 5.41) is 10.3. The molecule has 3 aromatic rings. The molecular formula is C24H26FN7O. The van der Waals surface area contributed by atoms with Crippen LogP contribution in [0.3, 0.4) is 0 Å². The molecule has 1 amide bonds. The van der Waals surface area contributed by atoms with Crippen molar-refractivity contribution >= 4 is 22.8 Å². The van der Waals surface area contributed by atoms with Crippen LogP contribution in [-0.4, -0.2) is 61.7 Å². The van der Waals surface area contributed by atoms with E-state index in [2.05, 4.69) is 32.1 Å². The number of anilines is 1. The van der Waals surface area contributed by atoms with Gasteiger partial charge in [0.1, 0.15) is 18.0 Å². The lowest BCUT2D eigenvalue weighted by Crippen LogP contribution is -2.57. The van der Waals surface area contributed by atoms with Crippen LogP contribution in [0.5, 0.6) is 0 Å². The molecule has 5 rings (SSSR count). The number of carbonyl (C=O) groups excluding carboxylic acids is 1. The second kappa shape index (κ2) is 7.80. The fraction of sp³-hybridized carbons (Fsp3) is 0.458. The first kappa shape index (κ1) is 21.3. The van der Waals surface area contributed by atoms with E-state index in [1.807, 2.05) is 11.5 Å². The molecule has 0 radical (unpaired) electrons. The van der Waals surface area contributed by atoms with Crippen molar-refractivity contribution in [2.24, 2.45) is 0 Å². The molecule has 1 atom stereocenters. The van der Waals surface area contributed by atoms with Crippen LogP contribution in [0, 0.1) is 11.3 Å². The van der Waals surface area contributed by atoms with Crippen LogP contribution in [0.4, 0.5) is 10.2 Å². The van der Waals surface area contributed by atoms with Gasteiger partial charge in [-0.1, -0.05) is 0 Å². The standard InChI is InChI=1S/C24H26FN7O/c1-15-12-30(8-9-31(15)23(33)24(2,3)25)21-20-18(17-4-5-17)13-32(22(20)29-14-28-21)19-10-16(11-26)6-7-27-19/h6-7,10,13-15,17H,4-5,8-9,12H2,1-3H3/t15-/m1/s1. The van der Waals surface area contributed by atoms with E-state index in [0.717, 1.165) is 29.7 Å². The molecule has 33 heavy (non-hydrogen) atoms.